The van der Waals surface area contributed by atoms with Gasteiger partial charge in [0.1, 0.15) is 11.9 Å². The summed E-state index contributed by atoms with van der Waals surface area (Å²) >= 11 is 0. The first-order valence-corrected chi connectivity index (χ1v) is 13.8. The highest BCUT2D eigenvalue weighted by Crippen LogP contribution is 2.54. The van der Waals surface area contributed by atoms with Crippen molar-refractivity contribution in [1.29, 1.82) is 0 Å². The Bertz CT molecular complexity index is 1230. The number of ether oxygens (including phenoxy) is 2. The number of carbonyl (C=O) groups excluding carboxylic acids is 2. The molecular weight excluding hydrogens is 514 g/mol. The van der Waals surface area contributed by atoms with Gasteiger partial charge in [-0.2, -0.15) is 4.98 Å². The van der Waals surface area contributed by atoms with Crippen LogP contribution in [0.1, 0.15) is 42.4 Å². The normalized spacial score (nSPS) is 23.1. The van der Waals surface area contributed by atoms with E-state index < -0.39 is 47.7 Å². The largest absolute Gasteiger partial charge is 0.458 e. The fourth-order valence-electron chi connectivity index (χ4n) is 5.01. The van der Waals surface area contributed by atoms with E-state index >= 15 is 0 Å². The van der Waals surface area contributed by atoms with Crippen molar-refractivity contribution in [2.45, 2.75) is 70.9 Å². The molecule has 1 aliphatic heterocycles. The molecular formula is C23H29B2N3O7P2. The Morgan fingerprint density at radius 1 is 1.22 bits per heavy atom. The van der Waals surface area contributed by atoms with Gasteiger partial charge in [-0.1, -0.05) is 38.8 Å². The summed E-state index contributed by atoms with van der Waals surface area (Å²) in [7, 11) is -0.253. The molecule has 1 aromatic heterocycles. The molecule has 2 heterocycles. The summed E-state index contributed by atoms with van der Waals surface area (Å²) in [6, 6.07) is 8.53. The van der Waals surface area contributed by atoms with E-state index in [1.165, 1.54) is 17.7 Å². The number of rotatable bonds is 10. The molecule has 3 rings (SSSR count). The first kappa shape index (κ1) is 28.9. The minimum Gasteiger partial charge on any atom is -0.458 e. The number of esters is 1. The monoisotopic (exact) mass is 543 g/mol. The summed E-state index contributed by atoms with van der Waals surface area (Å²) in [6.07, 6.45) is -0.521. The van der Waals surface area contributed by atoms with E-state index in [0.717, 1.165) is 0 Å². The quantitative estimate of drug-likeness (QED) is 0.261. The fourth-order valence-corrected chi connectivity index (χ4v) is 5.97. The standard InChI is InChI=1S/C23H29B2N3O7P2/c1-6-23(13-24(4)36-32)18(25(5)37-33)17(34-15(3)29)21(35-23)28-12-14(2)19(27-22(28)31)26-20(30)16-10-8-7-9-11-16/h7-12,17-18,21H,6,13H2,1-5H3,(H,26,27,30,31)/t17-,18+,21+,23-/m1/s1. The van der Waals surface area contributed by atoms with Crippen LogP contribution in [0.25, 0.3) is 0 Å². The van der Waals surface area contributed by atoms with Gasteiger partial charge in [0.2, 0.25) is 0 Å². The molecule has 1 aromatic carbocycles. The zero-order valence-corrected chi connectivity index (χ0v) is 23.2. The Balaban J connectivity index is 2.06. The number of aryl methyl sites for hydroxylation is 1. The highest BCUT2D eigenvalue weighted by atomic mass is 31.1. The predicted octanol–water partition coefficient (Wildman–Crippen LogP) is 4.61. The van der Waals surface area contributed by atoms with Crippen molar-refractivity contribution in [2.75, 3.05) is 5.32 Å². The molecule has 1 saturated heterocycles. The van der Waals surface area contributed by atoms with Crippen molar-refractivity contribution in [1.82, 2.24) is 9.55 Å². The van der Waals surface area contributed by atoms with Gasteiger partial charge in [-0.05, 0) is 31.8 Å². The summed E-state index contributed by atoms with van der Waals surface area (Å²) < 4.78 is 37.1. The second-order valence-electron chi connectivity index (χ2n) is 9.31. The maximum Gasteiger partial charge on any atom is 0.351 e. The van der Waals surface area contributed by atoms with Gasteiger partial charge in [-0.3, -0.25) is 23.3 Å². The molecule has 37 heavy (non-hydrogen) atoms. The molecule has 0 aliphatic carbocycles. The van der Waals surface area contributed by atoms with Crippen LogP contribution >= 0.6 is 16.7 Å². The second-order valence-corrected chi connectivity index (χ2v) is 11.4. The second kappa shape index (κ2) is 12.2. The van der Waals surface area contributed by atoms with Crippen LogP contribution in [0, 0.1) is 6.92 Å². The van der Waals surface area contributed by atoms with Crippen molar-refractivity contribution >= 4 is 47.2 Å². The number of amides is 1. The van der Waals surface area contributed by atoms with Crippen LogP contribution in [-0.4, -0.2) is 46.0 Å². The van der Waals surface area contributed by atoms with Gasteiger partial charge in [0, 0.05) is 30.1 Å². The van der Waals surface area contributed by atoms with Crippen molar-refractivity contribution in [3.8, 4) is 0 Å². The molecule has 0 bridgehead atoms. The number of aromatic nitrogens is 2. The van der Waals surface area contributed by atoms with Gasteiger partial charge < -0.3 is 14.8 Å². The lowest BCUT2D eigenvalue weighted by Gasteiger charge is -2.35. The fraction of sp³-hybridized carbons (Fsp3) is 0.478. The van der Waals surface area contributed by atoms with E-state index in [1.54, 1.807) is 50.9 Å². The number of nitrogens with zero attached hydrogens (tertiary/aromatic N) is 2. The zero-order valence-electron chi connectivity index (χ0n) is 21.4. The zero-order chi connectivity index (χ0) is 27.3. The van der Waals surface area contributed by atoms with Crippen molar-refractivity contribution < 1.29 is 28.2 Å². The van der Waals surface area contributed by atoms with Crippen LogP contribution in [0.15, 0.2) is 41.3 Å². The first-order valence-electron chi connectivity index (χ1n) is 12.0. The van der Waals surface area contributed by atoms with E-state index in [2.05, 4.69) is 10.3 Å². The minimum atomic E-state index is -1.06. The Labute approximate surface area is 219 Å². The van der Waals surface area contributed by atoms with Crippen LogP contribution in [0.2, 0.25) is 25.8 Å². The molecule has 0 saturated carbocycles. The maximum atomic E-state index is 13.2. The van der Waals surface area contributed by atoms with E-state index in [4.69, 9.17) is 9.47 Å². The van der Waals surface area contributed by atoms with Crippen LogP contribution in [0.5, 0.6) is 0 Å². The topological polar surface area (TPSA) is 134 Å². The van der Waals surface area contributed by atoms with Crippen LogP contribution < -0.4 is 11.0 Å². The number of anilines is 1. The lowest BCUT2D eigenvalue weighted by molar-refractivity contribution is -0.153. The molecule has 10 nitrogen and oxygen atoms in total. The minimum absolute atomic E-state index is 0.0781. The number of benzene rings is 1. The van der Waals surface area contributed by atoms with Gasteiger partial charge in [0.15, 0.2) is 6.23 Å². The Hall–Kier alpha value is -2.67. The van der Waals surface area contributed by atoms with Crippen LogP contribution in [-0.2, 0) is 23.4 Å². The Morgan fingerprint density at radius 3 is 2.46 bits per heavy atom. The number of carbonyl (C=O) groups is 2. The highest BCUT2D eigenvalue weighted by molar-refractivity contribution is 7.67. The van der Waals surface area contributed by atoms with E-state index in [9.17, 15) is 23.5 Å². The molecule has 14 heteroatoms. The van der Waals surface area contributed by atoms with Gasteiger partial charge >= 0.3 is 11.7 Å². The molecule has 1 aliphatic rings. The number of hydrogen-bond acceptors (Lipinski definition) is 8. The van der Waals surface area contributed by atoms with Gasteiger partial charge in [-0.15, -0.1) is 0 Å². The summed E-state index contributed by atoms with van der Waals surface area (Å²) in [6.45, 7) is 8.37. The van der Waals surface area contributed by atoms with E-state index in [0.29, 0.717) is 23.9 Å². The summed E-state index contributed by atoms with van der Waals surface area (Å²) in [5.41, 5.74) is -0.786. The molecule has 1 N–H and O–H groups in total. The van der Waals surface area contributed by atoms with Gasteiger partial charge in [0.05, 0.1) is 22.3 Å². The summed E-state index contributed by atoms with van der Waals surface area (Å²) in [4.78, 5) is 42.0. The molecule has 1 fully saturated rings. The number of hydrogen-bond donors (Lipinski definition) is 1. The third-order valence-corrected chi connectivity index (χ3v) is 7.88. The lowest BCUT2D eigenvalue weighted by Crippen LogP contribution is -2.42. The smallest absolute Gasteiger partial charge is 0.351 e. The predicted molar refractivity (Wildman–Crippen MR) is 143 cm³/mol. The highest BCUT2D eigenvalue weighted by Gasteiger charge is 2.60. The van der Waals surface area contributed by atoms with E-state index in [-0.39, 0.29) is 28.9 Å². The SMILES string of the molecule is CC[C@]1(CB(C)P=O)O[C@H](n2cc(C)c(NC(=O)c3ccccc3)nc2=O)[C@H](OC(C)=O)[C@@H]1B(C)P=O. The molecule has 0 unspecified atom stereocenters. The molecule has 194 valence electrons. The molecule has 2 aromatic rings. The average molecular weight is 543 g/mol. The summed E-state index contributed by atoms with van der Waals surface area (Å²) in [5, 5.41) is 2.66. The van der Waals surface area contributed by atoms with E-state index in [1.807, 2.05) is 6.92 Å². The first-order chi connectivity index (χ1) is 17.6. The van der Waals surface area contributed by atoms with Crippen molar-refractivity contribution in [3.63, 3.8) is 0 Å². The van der Waals surface area contributed by atoms with Crippen molar-refractivity contribution in [3.05, 3.63) is 58.1 Å². The Morgan fingerprint density at radius 2 is 1.89 bits per heavy atom. The number of nitrogens with one attached hydrogen (secondary N) is 1. The Kier molecular flexibility index (Phi) is 9.57. The van der Waals surface area contributed by atoms with Gasteiger partial charge in [-0.25, -0.2) is 4.79 Å². The average Bonchev–Trinajstić information content (AvgIpc) is 3.18. The summed E-state index contributed by atoms with van der Waals surface area (Å²) in [5.74, 6) is -1.45. The van der Waals surface area contributed by atoms with Crippen molar-refractivity contribution in [2.24, 2.45) is 0 Å². The third-order valence-electron chi connectivity index (χ3n) is 6.68. The lowest BCUT2D eigenvalue weighted by atomic mass is 9.50. The molecule has 0 radical (unpaired) electrons. The molecule has 4 atom stereocenters. The van der Waals surface area contributed by atoms with Crippen LogP contribution in [0.3, 0.4) is 0 Å². The molecule has 1 amide bonds. The third kappa shape index (κ3) is 6.25. The molecule has 0 spiro atoms. The maximum absolute atomic E-state index is 13.2. The van der Waals surface area contributed by atoms with Crippen LogP contribution in [0.4, 0.5) is 5.82 Å². The van der Waals surface area contributed by atoms with Gasteiger partial charge in [0.25, 0.3) is 18.8 Å².